The summed E-state index contributed by atoms with van der Waals surface area (Å²) < 4.78 is 34.2. The second-order valence-corrected chi connectivity index (χ2v) is 10.5. The summed E-state index contributed by atoms with van der Waals surface area (Å²) in [6.07, 6.45) is 1.03. The first-order chi connectivity index (χ1) is 15.1. The first-order valence-electron chi connectivity index (χ1n) is 10.4. The van der Waals surface area contributed by atoms with Crippen LogP contribution in [0, 0.1) is 24.2 Å². The van der Waals surface area contributed by atoms with Crippen LogP contribution < -0.4 is 10.1 Å². The number of sulfonamides is 1. The summed E-state index contributed by atoms with van der Waals surface area (Å²) in [4.78, 5) is 11.9. The molecule has 170 valence electrons. The van der Waals surface area contributed by atoms with E-state index >= 15 is 0 Å². The maximum absolute atomic E-state index is 13.5. The first-order valence-corrected chi connectivity index (χ1v) is 12.2. The lowest BCUT2D eigenvalue weighted by Crippen LogP contribution is -2.47. The van der Waals surface area contributed by atoms with Crippen molar-refractivity contribution < 1.29 is 17.9 Å². The molecule has 1 aliphatic rings. The number of piperidine rings is 1. The third kappa shape index (κ3) is 5.60. The molecule has 0 bridgehead atoms. The maximum atomic E-state index is 13.5. The van der Waals surface area contributed by atoms with Crippen LogP contribution >= 0.6 is 11.6 Å². The molecule has 1 heterocycles. The maximum Gasteiger partial charge on any atom is 0.246 e. The number of nitrogens with zero attached hydrogens (tertiary/aromatic N) is 2. The van der Waals surface area contributed by atoms with Crippen LogP contribution in [-0.2, 0) is 14.8 Å². The van der Waals surface area contributed by atoms with Gasteiger partial charge in [-0.15, -0.1) is 0 Å². The van der Waals surface area contributed by atoms with Gasteiger partial charge >= 0.3 is 0 Å². The number of amides is 1. The molecule has 1 amide bonds. The van der Waals surface area contributed by atoms with Gasteiger partial charge in [-0.05, 0) is 61.7 Å². The molecule has 2 aromatic carbocycles. The minimum absolute atomic E-state index is 0.0412. The number of nitrogens with one attached hydrogen (secondary N) is 1. The van der Waals surface area contributed by atoms with Crippen LogP contribution in [-0.4, -0.2) is 37.8 Å². The minimum Gasteiger partial charge on any atom is -0.456 e. The van der Waals surface area contributed by atoms with Crippen molar-refractivity contribution in [1.82, 2.24) is 9.62 Å². The highest BCUT2D eigenvalue weighted by Crippen LogP contribution is 2.34. The van der Waals surface area contributed by atoms with Crippen molar-refractivity contribution in [2.24, 2.45) is 5.92 Å². The average Bonchev–Trinajstić information content (AvgIpc) is 2.73. The Morgan fingerprint density at radius 1 is 1.22 bits per heavy atom. The van der Waals surface area contributed by atoms with Crippen LogP contribution in [0.5, 0.6) is 11.5 Å². The number of hydrogen-bond donors (Lipinski definition) is 1. The van der Waals surface area contributed by atoms with Gasteiger partial charge in [-0.3, -0.25) is 4.79 Å². The van der Waals surface area contributed by atoms with Gasteiger partial charge in [0, 0.05) is 30.1 Å². The molecule has 0 saturated carbocycles. The number of hydrogen-bond acceptors (Lipinski definition) is 5. The Morgan fingerprint density at radius 2 is 1.91 bits per heavy atom. The molecule has 0 spiro atoms. The zero-order valence-corrected chi connectivity index (χ0v) is 19.8. The van der Waals surface area contributed by atoms with E-state index in [9.17, 15) is 18.5 Å². The van der Waals surface area contributed by atoms with Crippen molar-refractivity contribution in [1.29, 1.82) is 5.26 Å². The van der Waals surface area contributed by atoms with E-state index < -0.39 is 10.0 Å². The summed E-state index contributed by atoms with van der Waals surface area (Å²) in [5, 5.41) is 12.7. The van der Waals surface area contributed by atoms with E-state index in [2.05, 4.69) is 5.32 Å². The number of carbonyl (C=O) groups excluding carboxylic acids is 1. The highest BCUT2D eigenvalue weighted by molar-refractivity contribution is 7.89. The van der Waals surface area contributed by atoms with Gasteiger partial charge in [0.25, 0.3) is 0 Å². The number of ether oxygens (including phenoxy) is 1. The topological polar surface area (TPSA) is 99.5 Å². The number of halogens is 1. The molecule has 1 aliphatic heterocycles. The van der Waals surface area contributed by atoms with Crippen LogP contribution in [0.15, 0.2) is 41.3 Å². The van der Waals surface area contributed by atoms with Crippen molar-refractivity contribution in [3.05, 3.63) is 52.5 Å². The molecular weight excluding hydrogens is 450 g/mol. The fourth-order valence-corrected chi connectivity index (χ4v) is 5.39. The highest BCUT2D eigenvalue weighted by atomic mass is 35.5. The summed E-state index contributed by atoms with van der Waals surface area (Å²) in [7, 11) is -3.92. The Kier molecular flexibility index (Phi) is 7.44. The molecule has 1 saturated heterocycles. The van der Waals surface area contributed by atoms with Crippen molar-refractivity contribution in [3.8, 4) is 17.6 Å². The van der Waals surface area contributed by atoms with Gasteiger partial charge in [0.2, 0.25) is 15.9 Å². The van der Waals surface area contributed by atoms with E-state index in [1.165, 1.54) is 22.5 Å². The second kappa shape index (κ2) is 9.90. The van der Waals surface area contributed by atoms with Crippen molar-refractivity contribution >= 4 is 27.5 Å². The third-order valence-electron chi connectivity index (χ3n) is 5.26. The molecule has 3 rings (SSSR count). The molecule has 0 aromatic heterocycles. The van der Waals surface area contributed by atoms with Crippen LogP contribution in [0.2, 0.25) is 5.02 Å². The van der Waals surface area contributed by atoms with Gasteiger partial charge in [-0.2, -0.15) is 9.57 Å². The molecule has 2 aromatic rings. The highest BCUT2D eigenvalue weighted by Gasteiger charge is 2.32. The summed E-state index contributed by atoms with van der Waals surface area (Å²) in [6, 6.07) is 11.4. The van der Waals surface area contributed by atoms with Crippen LogP contribution in [0.1, 0.15) is 37.8 Å². The van der Waals surface area contributed by atoms with Crippen molar-refractivity contribution in [3.63, 3.8) is 0 Å². The van der Waals surface area contributed by atoms with Crippen molar-refractivity contribution in [2.45, 2.75) is 44.6 Å². The van der Waals surface area contributed by atoms with E-state index in [0.717, 1.165) is 5.56 Å². The molecular formula is C23H26ClN3O4S. The quantitative estimate of drug-likeness (QED) is 0.673. The van der Waals surface area contributed by atoms with E-state index in [-0.39, 0.29) is 47.2 Å². The number of rotatable bonds is 6. The van der Waals surface area contributed by atoms with Gasteiger partial charge in [0.1, 0.15) is 16.4 Å². The lowest BCUT2D eigenvalue weighted by Gasteiger charge is -2.32. The fraction of sp³-hybridized carbons (Fsp3) is 0.391. The number of aryl methyl sites for hydroxylation is 1. The normalized spacial score (nSPS) is 15.4. The van der Waals surface area contributed by atoms with Gasteiger partial charge in [0.15, 0.2) is 0 Å². The minimum atomic E-state index is -3.92. The molecule has 0 aliphatic carbocycles. The van der Waals surface area contributed by atoms with E-state index in [1.807, 2.05) is 26.8 Å². The standard InChI is InChI=1S/C23H26ClN3O4S/c1-15(2)23(28)26-19-6-8-27(9-7-19)32(29,30)22-12-17(14-25)4-5-21(22)31-20-11-16(3)10-18(24)13-20/h4-5,10-13,15,19H,6-9H2,1-3H3,(H,26,28). The summed E-state index contributed by atoms with van der Waals surface area (Å²) in [5.41, 5.74) is 1.09. The monoisotopic (exact) mass is 475 g/mol. The predicted molar refractivity (Wildman–Crippen MR) is 122 cm³/mol. The van der Waals surface area contributed by atoms with Gasteiger partial charge in [0.05, 0.1) is 11.6 Å². The number of nitriles is 1. The molecule has 7 nitrogen and oxygen atoms in total. The van der Waals surface area contributed by atoms with Crippen molar-refractivity contribution in [2.75, 3.05) is 13.1 Å². The molecule has 32 heavy (non-hydrogen) atoms. The van der Waals surface area contributed by atoms with Gasteiger partial charge in [-0.1, -0.05) is 25.4 Å². The molecule has 1 N–H and O–H groups in total. The molecule has 0 unspecified atom stereocenters. The third-order valence-corrected chi connectivity index (χ3v) is 7.40. The van der Waals surface area contributed by atoms with E-state index in [4.69, 9.17) is 16.3 Å². The SMILES string of the molecule is Cc1cc(Cl)cc(Oc2ccc(C#N)cc2S(=O)(=O)N2CCC(NC(=O)C(C)C)CC2)c1. The van der Waals surface area contributed by atoms with Crippen LogP contribution in [0.3, 0.4) is 0 Å². The largest absolute Gasteiger partial charge is 0.456 e. The van der Waals surface area contributed by atoms with Gasteiger partial charge in [-0.25, -0.2) is 8.42 Å². The van der Waals surface area contributed by atoms with Crippen LogP contribution in [0.25, 0.3) is 0 Å². The van der Waals surface area contributed by atoms with Gasteiger partial charge < -0.3 is 10.1 Å². The second-order valence-electron chi connectivity index (χ2n) is 8.18. The fourth-order valence-electron chi connectivity index (χ4n) is 3.50. The molecule has 0 atom stereocenters. The first kappa shape index (κ1) is 24.1. The van der Waals surface area contributed by atoms with E-state index in [1.54, 1.807) is 18.2 Å². The average molecular weight is 476 g/mol. The van der Waals surface area contributed by atoms with Crippen LogP contribution in [0.4, 0.5) is 0 Å². The lowest BCUT2D eigenvalue weighted by molar-refractivity contribution is -0.124. The molecule has 0 radical (unpaired) electrons. The number of benzene rings is 2. The summed E-state index contributed by atoms with van der Waals surface area (Å²) in [5.74, 6) is 0.369. The molecule has 9 heteroatoms. The zero-order valence-electron chi connectivity index (χ0n) is 18.3. The Morgan fingerprint density at radius 3 is 2.50 bits per heavy atom. The Hall–Kier alpha value is -2.60. The Bertz CT molecular complexity index is 1130. The summed E-state index contributed by atoms with van der Waals surface area (Å²) in [6.45, 7) is 6.02. The summed E-state index contributed by atoms with van der Waals surface area (Å²) >= 11 is 6.11. The van der Waals surface area contributed by atoms with E-state index in [0.29, 0.717) is 23.6 Å². The Labute approximate surface area is 194 Å². The number of carbonyl (C=O) groups is 1. The molecule has 1 fully saturated rings. The lowest BCUT2D eigenvalue weighted by atomic mass is 10.1. The smallest absolute Gasteiger partial charge is 0.246 e. The Balaban J connectivity index is 1.85. The zero-order chi connectivity index (χ0) is 23.5. The predicted octanol–water partition coefficient (Wildman–Crippen LogP) is 4.24.